The van der Waals surface area contributed by atoms with E-state index in [1.54, 1.807) is 17.0 Å². The lowest BCUT2D eigenvalue weighted by Crippen LogP contribution is -2.59. The Kier molecular flexibility index (Phi) is 5.89. The van der Waals surface area contributed by atoms with E-state index in [9.17, 15) is 19.6 Å². The van der Waals surface area contributed by atoms with E-state index in [4.69, 9.17) is 9.15 Å². The highest BCUT2D eigenvalue weighted by Crippen LogP contribution is 2.67. The maximum Gasteiger partial charge on any atom is 0.277 e. The summed E-state index contributed by atoms with van der Waals surface area (Å²) in [4.78, 5) is 40.7. The summed E-state index contributed by atoms with van der Waals surface area (Å²) in [5, 5.41) is 17.2. The second-order valence-corrected chi connectivity index (χ2v) is 13.4. The van der Waals surface area contributed by atoms with Crippen molar-refractivity contribution in [1.29, 1.82) is 5.26 Å². The molecule has 0 spiro atoms. The van der Waals surface area contributed by atoms with Crippen molar-refractivity contribution < 1.29 is 23.5 Å². The van der Waals surface area contributed by atoms with Gasteiger partial charge in [-0.25, -0.2) is 5.09 Å². The van der Waals surface area contributed by atoms with E-state index in [0.717, 1.165) is 48.0 Å². The molecule has 2 saturated heterocycles. The van der Waals surface area contributed by atoms with Crippen LogP contribution in [0.1, 0.15) is 42.5 Å². The van der Waals surface area contributed by atoms with E-state index in [2.05, 4.69) is 16.2 Å². The van der Waals surface area contributed by atoms with Crippen LogP contribution in [-0.4, -0.2) is 55.3 Å². The molecule has 2 N–H and O–H groups in total. The van der Waals surface area contributed by atoms with Crippen LogP contribution >= 0.6 is 7.41 Å². The van der Waals surface area contributed by atoms with Crippen LogP contribution in [0.15, 0.2) is 40.8 Å². The van der Waals surface area contributed by atoms with Crippen molar-refractivity contribution in [3.8, 4) is 5.81 Å². The molecule has 3 amide bonds. The Bertz CT molecular complexity index is 1460. The van der Waals surface area contributed by atoms with Crippen molar-refractivity contribution in [1.82, 2.24) is 10.4 Å². The number of rotatable bonds is 5. The molecule has 9 nitrogen and oxygen atoms in total. The molecule has 0 bridgehead atoms. The van der Waals surface area contributed by atoms with Crippen molar-refractivity contribution in [3.05, 3.63) is 42.0 Å². The highest BCUT2D eigenvalue weighted by molar-refractivity contribution is 7.85. The van der Waals surface area contributed by atoms with Gasteiger partial charge in [0, 0.05) is 28.6 Å². The number of morpholine rings is 1. The molecule has 37 heavy (non-hydrogen) atoms. The quantitative estimate of drug-likeness (QED) is 0.493. The van der Waals surface area contributed by atoms with Crippen LogP contribution in [0.3, 0.4) is 0 Å². The zero-order valence-electron chi connectivity index (χ0n) is 20.4. The zero-order chi connectivity index (χ0) is 25.6. The van der Waals surface area contributed by atoms with E-state index >= 15 is 0 Å². The minimum Gasteiger partial charge on any atom is -0.456 e. The molecule has 0 atom stereocenters. The molecular weight excluding hydrogens is 491 g/mol. The standard InChI is InChI=1S/C27H27N4O5P/c28-17-37(12-13-37)30-26(34)27(8-2-1-3-9-27)29-25(33)18-4-6-20-21-15-19(31-10-11-35-16-24(31)32)5-7-22(21)36-23(20)14-18/h4-7,14-15H,1-3,8-13,16H2,(H-,29,30,33,34)/p+1. The van der Waals surface area contributed by atoms with Crippen molar-refractivity contribution in [3.63, 3.8) is 0 Å². The first kappa shape index (κ1) is 23.9. The molecule has 0 unspecified atom stereocenters. The summed E-state index contributed by atoms with van der Waals surface area (Å²) in [5.74, 6) is 1.68. The summed E-state index contributed by atoms with van der Waals surface area (Å²) in [6.07, 6.45) is 5.35. The fraction of sp³-hybridized carbons (Fsp3) is 0.407. The first-order valence-corrected chi connectivity index (χ1v) is 14.9. The van der Waals surface area contributed by atoms with Crippen molar-refractivity contribution in [2.24, 2.45) is 0 Å². The van der Waals surface area contributed by atoms with Gasteiger partial charge in [-0.05, 0) is 49.2 Å². The number of furan rings is 1. The largest absolute Gasteiger partial charge is 0.456 e. The Morgan fingerprint density at radius 3 is 2.57 bits per heavy atom. The average Bonchev–Trinajstić information content (AvgIpc) is 3.60. The molecule has 3 fully saturated rings. The normalized spacial score (nSPS) is 20.4. The molecule has 1 aliphatic carbocycles. The maximum absolute atomic E-state index is 13.4. The van der Waals surface area contributed by atoms with Gasteiger partial charge in [-0.3, -0.25) is 14.4 Å². The fourth-order valence-electron chi connectivity index (χ4n) is 5.36. The number of nitrogens with zero attached hydrogens (tertiary/aromatic N) is 2. The molecule has 2 aliphatic heterocycles. The van der Waals surface area contributed by atoms with Gasteiger partial charge in [0.05, 0.1) is 6.61 Å². The van der Waals surface area contributed by atoms with E-state index in [-0.39, 0.29) is 24.3 Å². The van der Waals surface area contributed by atoms with Crippen LogP contribution in [0.2, 0.25) is 0 Å². The SMILES string of the molecule is N#C[P+]1(NC(=O)C2(NC(=O)c3ccc4c(c3)oc3ccc(N5CCOCC5=O)cc34)CCCCC2)CC1. The number of hydrogen-bond acceptors (Lipinski definition) is 6. The lowest BCUT2D eigenvalue weighted by atomic mass is 9.81. The topological polar surface area (TPSA) is 125 Å². The molecule has 1 saturated carbocycles. The Labute approximate surface area is 214 Å². The van der Waals surface area contributed by atoms with Gasteiger partial charge in [-0.15, -0.1) is 5.26 Å². The van der Waals surface area contributed by atoms with Gasteiger partial charge in [-0.1, -0.05) is 19.3 Å². The van der Waals surface area contributed by atoms with Crippen LogP contribution in [0.5, 0.6) is 0 Å². The fourth-order valence-corrected chi connectivity index (χ4v) is 7.23. The number of anilines is 1. The van der Waals surface area contributed by atoms with Gasteiger partial charge in [0.2, 0.25) is 7.41 Å². The number of nitriles is 1. The molecule has 3 aliphatic rings. The third-order valence-electron chi connectivity index (χ3n) is 7.69. The highest BCUT2D eigenvalue weighted by atomic mass is 31.2. The van der Waals surface area contributed by atoms with Gasteiger partial charge in [0.25, 0.3) is 23.5 Å². The molecule has 190 valence electrons. The Morgan fingerprint density at radius 1 is 1.03 bits per heavy atom. The number of hydrogen-bond donors (Lipinski definition) is 2. The minimum atomic E-state index is -2.01. The average molecular weight is 520 g/mol. The number of benzene rings is 2. The summed E-state index contributed by atoms with van der Waals surface area (Å²) >= 11 is 0. The first-order chi connectivity index (χ1) is 17.9. The third-order valence-corrected chi connectivity index (χ3v) is 10.0. The van der Waals surface area contributed by atoms with Crippen molar-refractivity contribution in [2.75, 3.05) is 37.0 Å². The van der Waals surface area contributed by atoms with Crippen LogP contribution in [0.25, 0.3) is 21.9 Å². The van der Waals surface area contributed by atoms with Gasteiger partial charge >= 0.3 is 0 Å². The van der Waals surface area contributed by atoms with Gasteiger partial charge < -0.3 is 19.4 Å². The molecular formula is C27H28N4O5P+. The lowest BCUT2D eigenvalue weighted by molar-refractivity contribution is -0.127. The van der Waals surface area contributed by atoms with E-state index in [1.165, 1.54) is 0 Å². The smallest absolute Gasteiger partial charge is 0.277 e. The molecule has 3 heterocycles. The minimum absolute atomic E-state index is 0.0708. The molecule has 0 radical (unpaired) electrons. The van der Waals surface area contributed by atoms with Crippen LogP contribution in [0, 0.1) is 11.1 Å². The van der Waals surface area contributed by atoms with Crippen LogP contribution in [0.4, 0.5) is 5.69 Å². The Balaban J connectivity index is 1.27. The summed E-state index contributed by atoms with van der Waals surface area (Å²) in [6.45, 7) is 1.06. The van der Waals surface area contributed by atoms with E-state index < -0.39 is 13.0 Å². The van der Waals surface area contributed by atoms with Crippen LogP contribution < -0.4 is 15.3 Å². The summed E-state index contributed by atoms with van der Waals surface area (Å²) < 4.78 is 11.3. The second-order valence-electron chi connectivity index (χ2n) is 10.1. The van der Waals surface area contributed by atoms with Gasteiger partial charge in [0.15, 0.2) is 0 Å². The van der Waals surface area contributed by atoms with E-state index in [1.807, 2.05) is 24.3 Å². The molecule has 1 aromatic heterocycles. The lowest BCUT2D eigenvalue weighted by Gasteiger charge is -2.36. The highest BCUT2D eigenvalue weighted by Gasteiger charge is 2.58. The number of nitrogens with one attached hydrogen (secondary N) is 2. The van der Waals surface area contributed by atoms with Gasteiger partial charge in [0.1, 0.15) is 35.6 Å². The maximum atomic E-state index is 13.4. The molecule has 3 aromatic rings. The molecule has 10 heteroatoms. The number of ether oxygens (including phenoxy) is 1. The Morgan fingerprint density at radius 2 is 1.84 bits per heavy atom. The predicted octanol–water partition coefficient (Wildman–Crippen LogP) is 3.93. The summed E-state index contributed by atoms with van der Waals surface area (Å²) in [7, 11) is -2.01. The predicted molar refractivity (Wildman–Crippen MR) is 141 cm³/mol. The second kappa shape index (κ2) is 9.13. The number of amides is 3. The monoisotopic (exact) mass is 519 g/mol. The third kappa shape index (κ3) is 4.35. The molecule has 2 aromatic carbocycles. The van der Waals surface area contributed by atoms with Crippen molar-refractivity contribution >= 4 is 52.8 Å². The summed E-state index contributed by atoms with van der Waals surface area (Å²) in [6, 6.07) is 10.9. The van der Waals surface area contributed by atoms with Crippen molar-refractivity contribution in [2.45, 2.75) is 37.6 Å². The number of fused-ring (bicyclic) bond motifs is 3. The number of carbonyl (C=O) groups excluding carboxylic acids is 3. The molecule has 6 rings (SSSR count). The Hall–Kier alpha value is -3.47. The zero-order valence-corrected chi connectivity index (χ0v) is 21.3. The number of carbonyl (C=O) groups is 3. The van der Waals surface area contributed by atoms with Gasteiger partial charge in [-0.2, -0.15) is 0 Å². The van der Waals surface area contributed by atoms with E-state index in [0.29, 0.717) is 42.7 Å². The van der Waals surface area contributed by atoms with Crippen LogP contribution in [-0.2, 0) is 14.3 Å². The summed E-state index contributed by atoms with van der Waals surface area (Å²) in [5.41, 5.74) is 1.41. The first-order valence-electron chi connectivity index (χ1n) is 12.7.